The molecule has 4 aliphatic rings. The van der Waals surface area contributed by atoms with E-state index in [1.807, 2.05) is 47.4 Å². The first-order chi connectivity index (χ1) is 17.4. The molecule has 2 aromatic rings. The first-order valence-electron chi connectivity index (χ1n) is 12.9. The molecule has 8 nitrogen and oxygen atoms in total. The average molecular weight is 489 g/mol. The van der Waals surface area contributed by atoms with Gasteiger partial charge in [0.25, 0.3) is 5.91 Å². The van der Waals surface area contributed by atoms with Crippen LogP contribution in [-0.4, -0.2) is 64.5 Å². The number of β-amino-alcohol motifs (C(OH)–C–C–N with tert-alkyl or cyclic N) is 1. The summed E-state index contributed by atoms with van der Waals surface area (Å²) >= 11 is 0. The van der Waals surface area contributed by atoms with Crippen molar-refractivity contribution in [1.82, 2.24) is 15.1 Å². The van der Waals surface area contributed by atoms with Gasteiger partial charge in [0.05, 0.1) is 6.10 Å². The molecule has 6 rings (SSSR count). The molecule has 8 heteroatoms. The lowest BCUT2D eigenvalue weighted by Crippen LogP contribution is -2.50. The van der Waals surface area contributed by atoms with Crippen LogP contribution in [0.15, 0.2) is 48.5 Å². The largest absolute Gasteiger partial charge is 0.389 e. The van der Waals surface area contributed by atoms with Crippen molar-refractivity contribution in [1.29, 1.82) is 0 Å². The maximum absolute atomic E-state index is 13.7. The number of fused-ring (bicyclic) bond motifs is 2. The molecule has 36 heavy (non-hydrogen) atoms. The second kappa shape index (κ2) is 8.62. The smallest absolute Gasteiger partial charge is 0.325 e. The lowest BCUT2D eigenvalue weighted by molar-refractivity contribution is -0.141. The fourth-order valence-electron chi connectivity index (χ4n) is 5.94. The number of hydrogen-bond donors (Lipinski definition) is 2. The number of aliphatic hydroxyl groups excluding tert-OH is 1. The topological polar surface area (TPSA) is 93.2 Å². The Hall–Kier alpha value is -3.39. The number of amides is 4. The van der Waals surface area contributed by atoms with Crippen LogP contribution in [0, 0.1) is 5.92 Å². The van der Waals surface area contributed by atoms with Crippen molar-refractivity contribution in [2.75, 3.05) is 24.5 Å². The summed E-state index contributed by atoms with van der Waals surface area (Å²) in [4.78, 5) is 45.3. The Morgan fingerprint density at radius 1 is 1.17 bits per heavy atom. The lowest BCUT2D eigenvalue weighted by atomic mass is 9.91. The second-order valence-corrected chi connectivity index (χ2v) is 10.7. The third kappa shape index (κ3) is 3.84. The molecule has 2 N–H and O–H groups in total. The monoisotopic (exact) mass is 488 g/mol. The van der Waals surface area contributed by atoms with E-state index in [9.17, 15) is 19.5 Å². The predicted molar refractivity (Wildman–Crippen MR) is 134 cm³/mol. The molecule has 0 radical (unpaired) electrons. The third-order valence-electron chi connectivity index (χ3n) is 8.33. The van der Waals surface area contributed by atoms with Crippen molar-refractivity contribution in [3.63, 3.8) is 0 Å². The highest BCUT2D eigenvalue weighted by Crippen LogP contribution is 2.43. The number of carbonyl (C=O) groups excluding carboxylic acids is 3. The Morgan fingerprint density at radius 3 is 2.61 bits per heavy atom. The van der Waals surface area contributed by atoms with Gasteiger partial charge in [-0.15, -0.1) is 0 Å². The second-order valence-electron chi connectivity index (χ2n) is 10.7. The van der Waals surface area contributed by atoms with E-state index in [2.05, 4.69) is 23.2 Å². The summed E-state index contributed by atoms with van der Waals surface area (Å²) in [6, 6.07) is 15.3. The van der Waals surface area contributed by atoms with Crippen LogP contribution < -0.4 is 10.2 Å². The number of urea groups is 1. The van der Waals surface area contributed by atoms with E-state index in [4.69, 9.17) is 0 Å². The molecular formula is C28H32N4O4. The summed E-state index contributed by atoms with van der Waals surface area (Å²) in [5.41, 5.74) is 2.79. The van der Waals surface area contributed by atoms with Gasteiger partial charge in [-0.2, -0.15) is 0 Å². The van der Waals surface area contributed by atoms with Gasteiger partial charge in [0.15, 0.2) is 0 Å². The molecule has 0 aromatic heterocycles. The van der Waals surface area contributed by atoms with Gasteiger partial charge < -0.3 is 20.2 Å². The van der Waals surface area contributed by atoms with Crippen LogP contribution in [-0.2, 0) is 28.1 Å². The van der Waals surface area contributed by atoms with E-state index in [0.29, 0.717) is 38.4 Å². The summed E-state index contributed by atoms with van der Waals surface area (Å²) < 4.78 is 0. The third-order valence-corrected chi connectivity index (χ3v) is 8.33. The van der Waals surface area contributed by atoms with E-state index in [-0.39, 0.29) is 30.5 Å². The Kier molecular flexibility index (Phi) is 5.52. The van der Waals surface area contributed by atoms with Crippen molar-refractivity contribution in [3.8, 4) is 0 Å². The molecule has 0 bridgehead atoms. The van der Waals surface area contributed by atoms with Crippen LogP contribution in [0.5, 0.6) is 0 Å². The molecule has 2 aromatic carbocycles. The molecule has 2 heterocycles. The van der Waals surface area contributed by atoms with Gasteiger partial charge in [0.2, 0.25) is 5.91 Å². The summed E-state index contributed by atoms with van der Waals surface area (Å²) in [5.74, 6) is -0.0790. The van der Waals surface area contributed by atoms with E-state index >= 15 is 0 Å². The van der Waals surface area contributed by atoms with E-state index in [1.54, 1.807) is 0 Å². The summed E-state index contributed by atoms with van der Waals surface area (Å²) in [5, 5.41) is 12.6. The fourth-order valence-corrected chi connectivity index (χ4v) is 5.94. The molecule has 188 valence electrons. The van der Waals surface area contributed by atoms with Gasteiger partial charge in [0.1, 0.15) is 12.1 Å². The van der Waals surface area contributed by atoms with Crippen molar-refractivity contribution < 1.29 is 19.5 Å². The van der Waals surface area contributed by atoms with Crippen molar-refractivity contribution in [2.45, 2.75) is 56.8 Å². The Morgan fingerprint density at radius 2 is 1.92 bits per heavy atom. The molecule has 1 spiro atoms. The number of aliphatic hydroxyl groups is 1. The van der Waals surface area contributed by atoms with Crippen LogP contribution in [0.1, 0.15) is 42.9 Å². The van der Waals surface area contributed by atoms with Gasteiger partial charge in [-0.3, -0.25) is 14.5 Å². The number of benzene rings is 2. The molecule has 3 fully saturated rings. The number of nitrogens with one attached hydrogen (secondary N) is 1. The van der Waals surface area contributed by atoms with E-state index in [1.165, 1.54) is 0 Å². The van der Waals surface area contributed by atoms with Crippen LogP contribution in [0.25, 0.3) is 0 Å². The Labute approximate surface area is 210 Å². The van der Waals surface area contributed by atoms with Gasteiger partial charge in [-0.25, -0.2) is 4.79 Å². The summed E-state index contributed by atoms with van der Waals surface area (Å²) in [6.07, 6.45) is 3.06. The minimum atomic E-state index is -1.11. The van der Waals surface area contributed by atoms with Crippen molar-refractivity contribution in [2.24, 2.45) is 5.92 Å². The molecule has 2 atom stereocenters. The zero-order valence-corrected chi connectivity index (χ0v) is 20.5. The van der Waals surface area contributed by atoms with Crippen LogP contribution in [0.2, 0.25) is 0 Å². The number of anilines is 1. The normalized spacial score (nSPS) is 24.1. The summed E-state index contributed by atoms with van der Waals surface area (Å²) in [6.45, 7) is 3.48. The number of imide groups is 1. The maximum Gasteiger partial charge on any atom is 0.325 e. The Bertz CT molecular complexity index is 1210. The SMILES string of the molecule is C[C@@H](C1CC1)N(Cc1ccccc1)C(=O)CN1C(=O)NC2(CCc3cc(N4CC(O)C4)ccc32)C1=O. The zero-order chi connectivity index (χ0) is 25.0. The van der Waals surface area contributed by atoms with Gasteiger partial charge in [-0.05, 0) is 67.3 Å². The Balaban J connectivity index is 1.21. The first kappa shape index (κ1) is 23.0. The molecule has 2 aliphatic carbocycles. The predicted octanol–water partition coefficient (Wildman–Crippen LogP) is 2.39. The van der Waals surface area contributed by atoms with Crippen molar-refractivity contribution >= 4 is 23.5 Å². The van der Waals surface area contributed by atoms with Crippen LogP contribution >= 0.6 is 0 Å². The first-order valence-corrected chi connectivity index (χ1v) is 12.9. The number of hydrogen-bond acceptors (Lipinski definition) is 5. The average Bonchev–Trinajstić information content (AvgIpc) is 3.61. The zero-order valence-electron chi connectivity index (χ0n) is 20.5. The van der Waals surface area contributed by atoms with Crippen LogP contribution in [0.4, 0.5) is 10.5 Å². The summed E-state index contributed by atoms with van der Waals surface area (Å²) in [7, 11) is 0. The molecule has 2 aliphatic heterocycles. The quantitative estimate of drug-likeness (QED) is 0.584. The number of carbonyl (C=O) groups is 3. The standard InChI is InChI=1S/C28H32N4O4/c1-18(20-7-8-20)31(14-19-5-3-2-4-6-19)25(34)17-32-26(35)28(29-27(32)36)12-11-21-13-22(9-10-24(21)28)30-15-23(33)16-30/h2-6,9-10,13,18,20,23,33H,7-8,11-12,14-17H2,1H3,(H,29,36)/t18-,28?/m0/s1. The minimum absolute atomic E-state index is 0.0538. The highest BCUT2D eigenvalue weighted by Gasteiger charge is 2.56. The van der Waals surface area contributed by atoms with E-state index in [0.717, 1.165) is 40.1 Å². The minimum Gasteiger partial charge on any atom is -0.389 e. The number of rotatable bonds is 7. The molecular weight excluding hydrogens is 456 g/mol. The fraction of sp³-hybridized carbons (Fsp3) is 0.464. The molecule has 2 saturated heterocycles. The van der Waals surface area contributed by atoms with Gasteiger partial charge in [-0.1, -0.05) is 36.4 Å². The van der Waals surface area contributed by atoms with Gasteiger partial charge in [0, 0.05) is 31.4 Å². The molecule has 1 unspecified atom stereocenters. The molecule has 4 amide bonds. The molecule has 1 saturated carbocycles. The lowest BCUT2D eigenvalue weighted by Gasteiger charge is -2.38. The van der Waals surface area contributed by atoms with Crippen molar-refractivity contribution in [3.05, 3.63) is 65.2 Å². The van der Waals surface area contributed by atoms with E-state index < -0.39 is 11.6 Å². The number of nitrogens with zero attached hydrogens (tertiary/aromatic N) is 3. The van der Waals surface area contributed by atoms with Crippen LogP contribution in [0.3, 0.4) is 0 Å². The number of aryl methyl sites for hydroxylation is 1. The highest BCUT2D eigenvalue weighted by atomic mass is 16.3. The van der Waals surface area contributed by atoms with Gasteiger partial charge >= 0.3 is 6.03 Å². The maximum atomic E-state index is 13.7. The highest BCUT2D eigenvalue weighted by molar-refractivity contribution is 6.10.